The van der Waals surface area contributed by atoms with Gasteiger partial charge in [-0.15, -0.1) is 0 Å². The van der Waals surface area contributed by atoms with Crippen LogP contribution in [0.1, 0.15) is 112 Å². The molecule has 2 saturated heterocycles. The van der Waals surface area contributed by atoms with Crippen molar-refractivity contribution >= 4 is 12.0 Å². The van der Waals surface area contributed by atoms with Crippen molar-refractivity contribution in [2.75, 3.05) is 31.2 Å². The Bertz CT molecular complexity index is 1170. The molecule has 39 heavy (non-hydrogen) atoms. The van der Waals surface area contributed by atoms with E-state index in [9.17, 15) is 4.79 Å². The number of unbranched alkanes of at least 4 members (excludes halogenated alkanes) is 2. The number of hydrogen-bond acceptors (Lipinski definition) is 4. The van der Waals surface area contributed by atoms with Crippen LogP contribution in [-0.4, -0.2) is 36.3 Å². The van der Waals surface area contributed by atoms with Gasteiger partial charge in [-0.25, -0.2) is 4.98 Å². The van der Waals surface area contributed by atoms with Crippen LogP contribution in [-0.2, 0) is 29.4 Å². The average molecular weight is 532 g/mol. The van der Waals surface area contributed by atoms with E-state index in [0.717, 1.165) is 101 Å². The molecule has 0 spiro atoms. The zero-order valence-corrected chi connectivity index (χ0v) is 24.4. The number of hydrogen-bond donors (Lipinski definition) is 1. The van der Waals surface area contributed by atoms with E-state index in [1.807, 2.05) is 0 Å². The summed E-state index contributed by atoms with van der Waals surface area (Å²) in [5.74, 6) is 1.67. The van der Waals surface area contributed by atoms with E-state index in [2.05, 4.69) is 54.1 Å². The van der Waals surface area contributed by atoms with E-state index in [1.54, 1.807) is 0 Å². The van der Waals surface area contributed by atoms with Crippen molar-refractivity contribution < 1.29 is 4.74 Å². The number of nitrogens with one attached hydrogen (secondary N) is 1. The molecule has 2 fully saturated rings. The van der Waals surface area contributed by atoms with Gasteiger partial charge in [0, 0.05) is 31.9 Å². The molecule has 0 bridgehead atoms. The maximum absolute atomic E-state index is 12.7. The van der Waals surface area contributed by atoms with Crippen molar-refractivity contribution in [3.05, 3.63) is 62.6 Å². The number of aryl methyl sites for hydroxylation is 2. The standard InChI is InChI=1S/C34H49N3O2/c1-3-28-25-27(12-8-6-5-7-11-26-17-23-39-24-18-26)15-16-30(28)34(4-2)19-21-37(22-20-34)33-35-31-14-10-9-13-29(31)32(38)36-33/h8,12,15-16,25-26H,3-7,9-11,13-14,17-24H2,1-2H3,(H,35,36,38)/b12-8+. The zero-order valence-electron chi connectivity index (χ0n) is 24.4. The Hall–Kier alpha value is -2.40. The van der Waals surface area contributed by atoms with Crippen LogP contribution in [0.3, 0.4) is 0 Å². The molecular weight excluding hydrogens is 482 g/mol. The van der Waals surface area contributed by atoms with Gasteiger partial charge in [-0.1, -0.05) is 57.0 Å². The summed E-state index contributed by atoms with van der Waals surface area (Å²) < 4.78 is 5.49. The van der Waals surface area contributed by atoms with Gasteiger partial charge in [-0.3, -0.25) is 9.78 Å². The molecule has 1 aromatic heterocycles. The molecule has 0 radical (unpaired) electrons. The molecule has 0 amide bonds. The predicted molar refractivity (Wildman–Crippen MR) is 162 cm³/mol. The highest BCUT2D eigenvalue weighted by Crippen LogP contribution is 2.41. The molecule has 2 aromatic rings. The van der Waals surface area contributed by atoms with Crippen molar-refractivity contribution in [3.8, 4) is 0 Å². The summed E-state index contributed by atoms with van der Waals surface area (Å²) in [4.78, 5) is 23.1. The summed E-state index contributed by atoms with van der Waals surface area (Å²) >= 11 is 0. The van der Waals surface area contributed by atoms with Gasteiger partial charge in [0.1, 0.15) is 0 Å². The number of anilines is 1. The number of fused-ring (bicyclic) bond motifs is 1. The Morgan fingerprint density at radius 3 is 2.67 bits per heavy atom. The lowest BCUT2D eigenvalue weighted by molar-refractivity contribution is 0.0632. The van der Waals surface area contributed by atoms with Crippen molar-refractivity contribution in [2.24, 2.45) is 5.92 Å². The molecule has 0 atom stereocenters. The van der Waals surface area contributed by atoms with E-state index in [0.29, 0.717) is 0 Å². The Morgan fingerprint density at radius 2 is 1.90 bits per heavy atom. The van der Waals surface area contributed by atoms with Gasteiger partial charge >= 0.3 is 0 Å². The lowest BCUT2D eigenvalue weighted by atomic mass is 9.69. The number of ether oxygens (including phenoxy) is 1. The predicted octanol–water partition coefficient (Wildman–Crippen LogP) is 7.16. The molecular formula is C34H49N3O2. The number of allylic oxidation sites excluding steroid dienone is 1. The Kier molecular flexibility index (Phi) is 9.60. The van der Waals surface area contributed by atoms with Crippen LogP contribution in [0.4, 0.5) is 5.95 Å². The van der Waals surface area contributed by atoms with Gasteiger partial charge in [0.25, 0.3) is 5.56 Å². The van der Waals surface area contributed by atoms with Gasteiger partial charge in [-0.05, 0) is 105 Å². The molecule has 212 valence electrons. The number of benzene rings is 1. The molecule has 5 nitrogen and oxygen atoms in total. The molecule has 1 N–H and O–H groups in total. The molecule has 0 saturated carbocycles. The molecule has 5 heteroatoms. The van der Waals surface area contributed by atoms with Gasteiger partial charge in [0.2, 0.25) is 5.95 Å². The fourth-order valence-corrected chi connectivity index (χ4v) is 7.18. The second-order valence-corrected chi connectivity index (χ2v) is 12.2. The first-order chi connectivity index (χ1) is 19.1. The topological polar surface area (TPSA) is 58.2 Å². The van der Waals surface area contributed by atoms with E-state index in [4.69, 9.17) is 9.72 Å². The van der Waals surface area contributed by atoms with Crippen LogP contribution in [0.25, 0.3) is 6.08 Å². The lowest BCUT2D eigenvalue weighted by Crippen LogP contribution is -2.44. The number of nitrogens with zero attached hydrogens (tertiary/aromatic N) is 2. The normalized spacial score (nSPS) is 19.9. The Labute approximate surface area is 235 Å². The van der Waals surface area contributed by atoms with Gasteiger partial charge in [-0.2, -0.15) is 0 Å². The Balaban J connectivity index is 1.19. The van der Waals surface area contributed by atoms with Crippen LogP contribution in [0.5, 0.6) is 0 Å². The first kappa shape index (κ1) is 28.1. The molecule has 1 aliphatic carbocycles. The first-order valence-electron chi connectivity index (χ1n) is 15.9. The van der Waals surface area contributed by atoms with E-state index >= 15 is 0 Å². The fraction of sp³-hybridized carbons (Fsp3) is 0.647. The Morgan fingerprint density at radius 1 is 1.10 bits per heavy atom. The van der Waals surface area contributed by atoms with E-state index < -0.39 is 0 Å². The summed E-state index contributed by atoms with van der Waals surface area (Å²) in [5.41, 5.74) is 6.59. The highest BCUT2D eigenvalue weighted by molar-refractivity contribution is 5.53. The third-order valence-corrected chi connectivity index (χ3v) is 9.84. The molecule has 2 aliphatic heterocycles. The molecule has 1 aromatic carbocycles. The van der Waals surface area contributed by atoms with Crippen LogP contribution < -0.4 is 10.5 Å². The summed E-state index contributed by atoms with van der Waals surface area (Å²) in [6, 6.07) is 7.18. The average Bonchev–Trinajstić information content (AvgIpc) is 2.99. The summed E-state index contributed by atoms with van der Waals surface area (Å²) in [6.45, 7) is 8.45. The van der Waals surface area contributed by atoms with Gasteiger partial charge in [0.05, 0.1) is 5.69 Å². The first-order valence-corrected chi connectivity index (χ1v) is 15.9. The van der Waals surface area contributed by atoms with Gasteiger partial charge < -0.3 is 9.64 Å². The van der Waals surface area contributed by atoms with Crippen LogP contribution in [0.15, 0.2) is 29.1 Å². The third kappa shape index (κ3) is 6.67. The number of aromatic nitrogens is 2. The summed E-state index contributed by atoms with van der Waals surface area (Å²) in [7, 11) is 0. The lowest BCUT2D eigenvalue weighted by Gasteiger charge is -2.43. The molecule has 5 rings (SSSR count). The second kappa shape index (κ2) is 13.3. The van der Waals surface area contributed by atoms with Crippen LogP contribution in [0.2, 0.25) is 0 Å². The van der Waals surface area contributed by atoms with E-state index in [1.165, 1.54) is 55.2 Å². The summed E-state index contributed by atoms with van der Waals surface area (Å²) in [6.07, 6.45) is 20.8. The number of H-pyrrole nitrogens is 1. The largest absolute Gasteiger partial charge is 0.381 e. The minimum absolute atomic E-state index is 0.0817. The van der Waals surface area contributed by atoms with Gasteiger partial charge in [0.15, 0.2) is 0 Å². The second-order valence-electron chi connectivity index (χ2n) is 12.2. The summed E-state index contributed by atoms with van der Waals surface area (Å²) in [5, 5.41) is 0. The molecule has 3 aliphatic rings. The number of piperidine rings is 1. The number of aromatic amines is 1. The quantitative estimate of drug-likeness (QED) is 0.331. The molecule has 3 heterocycles. The van der Waals surface area contributed by atoms with Crippen LogP contribution in [0, 0.1) is 5.92 Å². The highest BCUT2D eigenvalue weighted by Gasteiger charge is 2.36. The van der Waals surface area contributed by atoms with Crippen molar-refractivity contribution in [1.29, 1.82) is 0 Å². The maximum Gasteiger partial charge on any atom is 0.255 e. The van der Waals surface area contributed by atoms with Crippen molar-refractivity contribution in [2.45, 2.75) is 109 Å². The maximum atomic E-state index is 12.7. The van der Waals surface area contributed by atoms with Crippen molar-refractivity contribution in [1.82, 2.24) is 9.97 Å². The monoisotopic (exact) mass is 531 g/mol. The zero-order chi connectivity index (χ0) is 27.1. The smallest absolute Gasteiger partial charge is 0.255 e. The fourth-order valence-electron chi connectivity index (χ4n) is 7.18. The minimum atomic E-state index is 0.0817. The van der Waals surface area contributed by atoms with E-state index in [-0.39, 0.29) is 11.0 Å². The SMILES string of the molecule is CCc1cc(/C=C/CCCCC2CCOCC2)ccc1C1(CC)CCN(c2nc3c(c(=O)[nH]2)CCCC3)CC1. The highest BCUT2D eigenvalue weighted by atomic mass is 16.5. The third-order valence-electron chi connectivity index (χ3n) is 9.84. The van der Waals surface area contributed by atoms with Crippen molar-refractivity contribution in [3.63, 3.8) is 0 Å². The minimum Gasteiger partial charge on any atom is -0.381 e. The molecule has 0 unspecified atom stereocenters. The van der Waals surface area contributed by atoms with Crippen LogP contribution >= 0.6 is 0 Å². The number of rotatable bonds is 10.